The third-order valence-electron chi connectivity index (χ3n) is 4.03. The summed E-state index contributed by atoms with van der Waals surface area (Å²) in [7, 11) is 2.22. The molecule has 3 heteroatoms. The predicted octanol–water partition coefficient (Wildman–Crippen LogP) is 3.74. The van der Waals surface area contributed by atoms with Crippen molar-refractivity contribution in [2.24, 2.45) is 5.41 Å². The summed E-state index contributed by atoms with van der Waals surface area (Å²) in [5.41, 5.74) is 1.48. The van der Waals surface area contributed by atoms with Crippen LogP contribution in [0.15, 0.2) is 24.3 Å². The molecule has 1 aliphatic rings. The molecule has 1 atom stereocenters. The maximum absolute atomic E-state index is 4.86. The van der Waals surface area contributed by atoms with Crippen LogP contribution >= 0.6 is 11.3 Å². The Hall–Kier alpha value is -0.930. The number of likely N-dealkylation sites (tertiary alicyclic amines) is 1. The smallest absolute Gasteiger partial charge is 0.0975 e. The van der Waals surface area contributed by atoms with E-state index in [1.807, 2.05) is 11.3 Å². The summed E-state index contributed by atoms with van der Waals surface area (Å²) in [5.74, 6) is 0.603. The molecule has 2 aromatic rings. The van der Waals surface area contributed by atoms with E-state index in [-0.39, 0.29) is 0 Å². The minimum absolute atomic E-state index is 0.320. The molecular formula is C15H20N2S. The molecule has 1 saturated heterocycles. The quantitative estimate of drug-likeness (QED) is 0.776. The first-order chi connectivity index (χ1) is 8.56. The van der Waals surface area contributed by atoms with Crippen molar-refractivity contribution in [2.45, 2.75) is 26.2 Å². The van der Waals surface area contributed by atoms with Crippen LogP contribution in [0.2, 0.25) is 0 Å². The first-order valence-electron chi connectivity index (χ1n) is 6.60. The van der Waals surface area contributed by atoms with Gasteiger partial charge < -0.3 is 4.90 Å². The second kappa shape index (κ2) is 4.32. The molecule has 1 aromatic heterocycles. The van der Waals surface area contributed by atoms with Gasteiger partial charge in [0, 0.05) is 12.5 Å². The molecule has 0 amide bonds. The SMILES string of the molecule is CN1CC[C@@H](c2nc3ccccc3s2)C(C)(C)C1. The molecule has 0 unspecified atom stereocenters. The van der Waals surface area contributed by atoms with Crippen molar-refractivity contribution >= 4 is 21.6 Å². The molecule has 1 aliphatic heterocycles. The summed E-state index contributed by atoms with van der Waals surface area (Å²) < 4.78 is 1.32. The van der Waals surface area contributed by atoms with Gasteiger partial charge in [0.1, 0.15) is 0 Å². The van der Waals surface area contributed by atoms with Gasteiger partial charge in [0.25, 0.3) is 0 Å². The fourth-order valence-electron chi connectivity index (χ4n) is 3.12. The fourth-order valence-corrected chi connectivity index (χ4v) is 4.44. The van der Waals surface area contributed by atoms with Gasteiger partial charge in [-0.2, -0.15) is 0 Å². The summed E-state index contributed by atoms with van der Waals surface area (Å²) >= 11 is 1.88. The number of para-hydroxylation sites is 1. The maximum atomic E-state index is 4.86. The van der Waals surface area contributed by atoms with E-state index < -0.39 is 0 Å². The normalized spacial score (nSPS) is 24.5. The lowest BCUT2D eigenvalue weighted by atomic mass is 9.74. The number of hydrogen-bond donors (Lipinski definition) is 0. The lowest BCUT2D eigenvalue weighted by molar-refractivity contribution is 0.114. The van der Waals surface area contributed by atoms with E-state index in [2.05, 4.69) is 50.1 Å². The molecule has 96 valence electrons. The monoisotopic (exact) mass is 260 g/mol. The fraction of sp³-hybridized carbons (Fsp3) is 0.533. The first kappa shape index (κ1) is 12.1. The number of benzene rings is 1. The number of piperidine rings is 1. The van der Waals surface area contributed by atoms with Crippen molar-refractivity contribution < 1.29 is 0 Å². The molecule has 18 heavy (non-hydrogen) atoms. The second-order valence-electron chi connectivity index (χ2n) is 6.09. The van der Waals surface area contributed by atoms with Gasteiger partial charge in [0.2, 0.25) is 0 Å². The number of hydrogen-bond acceptors (Lipinski definition) is 3. The lowest BCUT2D eigenvalue weighted by Gasteiger charge is -2.42. The van der Waals surface area contributed by atoms with Crippen molar-refractivity contribution in [3.8, 4) is 0 Å². The molecular weight excluding hydrogens is 240 g/mol. The molecule has 0 saturated carbocycles. The Balaban J connectivity index is 1.98. The van der Waals surface area contributed by atoms with Crippen LogP contribution in [0.3, 0.4) is 0 Å². The third-order valence-corrected chi connectivity index (χ3v) is 5.18. The van der Waals surface area contributed by atoms with Crippen LogP contribution in [-0.2, 0) is 0 Å². The van der Waals surface area contributed by atoms with Crippen molar-refractivity contribution in [3.05, 3.63) is 29.3 Å². The first-order valence-corrected chi connectivity index (χ1v) is 7.42. The van der Waals surface area contributed by atoms with Crippen LogP contribution in [0.1, 0.15) is 31.2 Å². The van der Waals surface area contributed by atoms with Gasteiger partial charge in [0.05, 0.1) is 15.2 Å². The van der Waals surface area contributed by atoms with E-state index in [9.17, 15) is 0 Å². The highest BCUT2D eigenvalue weighted by Gasteiger charge is 2.37. The highest BCUT2D eigenvalue weighted by molar-refractivity contribution is 7.18. The molecule has 1 aromatic carbocycles. The molecule has 0 aliphatic carbocycles. The number of thiazole rings is 1. The van der Waals surface area contributed by atoms with Crippen LogP contribution in [-0.4, -0.2) is 30.0 Å². The maximum Gasteiger partial charge on any atom is 0.0975 e. The zero-order valence-corrected chi connectivity index (χ0v) is 12.1. The lowest BCUT2D eigenvalue weighted by Crippen LogP contribution is -2.42. The largest absolute Gasteiger partial charge is 0.306 e. The molecule has 0 radical (unpaired) electrons. The van der Waals surface area contributed by atoms with E-state index in [4.69, 9.17) is 4.98 Å². The Bertz CT molecular complexity index is 525. The van der Waals surface area contributed by atoms with Crippen LogP contribution < -0.4 is 0 Å². The van der Waals surface area contributed by atoms with Crippen molar-refractivity contribution in [2.75, 3.05) is 20.1 Å². The summed E-state index contributed by atoms with van der Waals surface area (Å²) in [5, 5.41) is 1.33. The van der Waals surface area contributed by atoms with Crippen LogP contribution in [0.25, 0.3) is 10.2 Å². The molecule has 1 fully saturated rings. The summed E-state index contributed by atoms with van der Waals surface area (Å²) in [6.07, 6.45) is 1.23. The molecule has 0 bridgehead atoms. The average Bonchev–Trinajstić information content (AvgIpc) is 2.70. The van der Waals surface area contributed by atoms with Crippen LogP contribution in [0.5, 0.6) is 0 Å². The zero-order chi connectivity index (χ0) is 12.8. The Kier molecular flexibility index (Phi) is 2.91. The highest BCUT2D eigenvalue weighted by Crippen LogP contribution is 2.43. The molecule has 2 nitrogen and oxygen atoms in total. The minimum Gasteiger partial charge on any atom is -0.306 e. The minimum atomic E-state index is 0.320. The van der Waals surface area contributed by atoms with Crippen molar-refractivity contribution in [3.63, 3.8) is 0 Å². The zero-order valence-electron chi connectivity index (χ0n) is 11.3. The van der Waals surface area contributed by atoms with E-state index in [0.29, 0.717) is 11.3 Å². The van der Waals surface area contributed by atoms with Crippen molar-refractivity contribution in [1.82, 2.24) is 9.88 Å². The van der Waals surface area contributed by atoms with Crippen LogP contribution in [0.4, 0.5) is 0 Å². The van der Waals surface area contributed by atoms with Gasteiger partial charge in [-0.05, 0) is 37.6 Å². The third kappa shape index (κ3) is 2.06. The number of aromatic nitrogens is 1. The van der Waals surface area contributed by atoms with Gasteiger partial charge in [-0.1, -0.05) is 26.0 Å². The number of nitrogens with zero attached hydrogens (tertiary/aromatic N) is 2. The summed E-state index contributed by atoms with van der Waals surface area (Å²) in [6.45, 7) is 7.09. The molecule has 0 N–H and O–H groups in total. The van der Waals surface area contributed by atoms with Gasteiger partial charge in [-0.3, -0.25) is 0 Å². The van der Waals surface area contributed by atoms with E-state index in [1.54, 1.807) is 0 Å². The summed E-state index contributed by atoms with van der Waals surface area (Å²) in [6, 6.07) is 8.48. The average molecular weight is 260 g/mol. The van der Waals surface area contributed by atoms with Crippen molar-refractivity contribution in [1.29, 1.82) is 0 Å². The Morgan fingerprint density at radius 1 is 1.33 bits per heavy atom. The Labute approximate surface area is 113 Å². The van der Waals surface area contributed by atoms with Gasteiger partial charge in [-0.25, -0.2) is 4.98 Å². The highest BCUT2D eigenvalue weighted by atomic mass is 32.1. The number of rotatable bonds is 1. The molecule has 3 rings (SSSR count). The van der Waals surface area contributed by atoms with E-state index >= 15 is 0 Å². The predicted molar refractivity (Wildman–Crippen MR) is 78.3 cm³/mol. The Morgan fingerprint density at radius 2 is 2.11 bits per heavy atom. The second-order valence-corrected chi connectivity index (χ2v) is 7.15. The standard InChI is InChI=1S/C15H20N2S/c1-15(2)10-17(3)9-8-11(15)14-16-12-6-4-5-7-13(12)18-14/h4-7,11H,8-10H2,1-3H3/t11-/m0/s1. The van der Waals surface area contributed by atoms with Gasteiger partial charge in [-0.15, -0.1) is 11.3 Å². The van der Waals surface area contributed by atoms with Gasteiger partial charge in [0.15, 0.2) is 0 Å². The van der Waals surface area contributed by atoms with E-state index in [1.165, 1.54) is 22.7 Å². The van der Waals surface area contributed by atoms with Gasteiger partial charge >= 0.3 is 0 Å². The number of fused-ring (bicyclic) bond motifs is 1. The van der Waals surface area contributed by atoms with E-state index in [0.717, 1.165) is 12.1 Å². The summed E-state index contributed by atoms with van der Waals surface area (Å²) in [4.78, 5) is 7.29. The Morgan fingerprint density at radius 3 is 2.83 bits per heavy atom. The van der Waals surface area contributed by atoms with Crippen LogP contribution in [0, 0.1) is 5.41 Å². The topological polar surface area (TPSA) is 16.1 Å². The molecule has 2 heterocycles. The molecule has 0 spiro atoms.